The average molecular weight is 382 g/mol. The number of nitrogens with two attached hydrogens (primary N) is 1. The number of carbonyl (C=O) groups excluding carboxylic acids is 3. The Morgan fingerprint density at radius 3 is 2.48 bits per heavy atom. The molecule has 0 saturated carbocycles. The first-order chi connectivity index (χ1) is 12.8. The number of carboxylic acid groups (broad SMARTS) is 1. The number of aromatic nitrogens is 2. The molecule has 0 bridgehead atoms. The molecule has 0 aromatic carbocycles. The largest absolute Gasteiger partial charge is 0.480 e. The van der Waals surface area contributed by atoms with Crippen LogP contribution >= 0.6 is 0 Å². The van der Waals surface area contributed by atoms with Gasteiger partial charge in [0, 0.05) is 18.3 Å². The lowest BCUT2D eigenvalue weighted by molar-refractivity contribution is -0.141. The maximum Gasteiger partial charge on any atom is 0.326 e. The van der Waals surface area contributed by atoms with Crippen LogP contribution in [0.15, 0.2) is 12.5 Å². The van der Waals surface area contributed by atoms with Crippen molar-refractivity contribution in [1.29, 1.82) is 0 Å². The Bertz CT molecular complexity index is 648. The minimum absolute atomic E-state index is 0.0249. The number of carboxylic acids is 1. The van der Waals surface area contributed by atoms with Crippen LogP contribution < -0.4 is 21.7 Å². The van der Waals surface area contributed by atoms with Crippen molar-refractivity contribution in [3.8, 4) is 0 Å². The van der Waals surface area contributed by atoms with E-state index in [0.717, 1.165) is 0 Å². The van der Waals surface area contributed by atoms with Crippen molar-refractivity contribution in [3.05, 3.63) is 18.2 Å². The molecule has 1 aromatic heterocycles. The number of aliphatic carboxylic acids is 1. The van der Waals surface area contributed by atoms with Gasteiger partial charge >= 0.3 is 5.97 Å². The molecule has 7 N–H and O–H groups in total. The molecule has 11 heteroatoms. The summed E-state index contributed by atoms with van der Waals surface area (Å²) in [5.74, 6) is -3.07. The van der Waals surface area contributed by atoms with Crippen molar-refractivity contribution >= 4 is 23.7 Å². The highest BCUT2D eigenvalue weighted by Gasteiger charge is 2.26. The van der Waals surface area contributed by atoms with Crippen LogP contribution in [0.5, 0.6) is 0 Å². The number of H-pyrrole nitrogens is 1. The van der Waals surface area contributed by atoms with Crippen molar-refractivity contribution in [2.45, 2.75) is 38.8 Å². The zero-order chi connectivity index (χ0) is 20.4. The van der Waals surface area contributed by atoms with E-state index in [1.54, 1.807) is 6.92 Å². The molecule has 0 spiro atoms. The number of carbonyl (C=O) groups is 4. The van der Waals surface area contributed by atoms with E-state index < -0.39 is 42.3 Å². The molecule has 0 aliphatic rings. The molecule has 1 aromatic rings. The van der Waals surface area contributed by atoms with E-state index in [4.69, 9.17) is 5.73 Å². The number of amides is 3. The molecule has 11 nitrogen and oxygen atoms in total. The Hall–Kier alpha value is -2.95. The van der Waals surface area contributed by atoms with Gasteiger partial charge in [-0.05, 0) is 5.92 Å². The fourth-order valence-corrected chi connectivity index (χ4v) is 2.27. The van der Waals surface area contributed by atoms with Crippen molar-refractivity contribution in [3.63, 3.8) is 0 Å². The summed E-state index contributed by atoms with van der Waals surface area (Å²) in [4.78, 5) is 53.6. The summed E-state index contributed by atoms with van der Waals surface area (Å²) in [5, 5.41) is 16.5. The van der Waals surface area contributed by atoms with E-state index in [1.807, 2.05) is 6.92 Å². The number of nitrogens with zero attached hydrogens (tertiary/aromatic N) is 1. The summed E-state index contributed by atoms with van der Waals surface area (Å²) in [5.41, 5.74) is 5.80. The Labute approximate surface area is 156 Å². The molecule has 0 radical (unpaired) electrons. The lowest BCUT2D eigenvalue weighted by Crippen LogP contribution is -2.54. The van der Waals surface area contributed by atoms with Gasteiger partial charge in [-0.3, -0.25) is 14.4 Å². The average Bonchev–Trinajstić information content (AvgIpc) is 3.15. The summed E-state index contributed by atoms with van der Waals surface area (Å²) in [6.07, 6.45) is 3.51. The number of hydrogen-bond donors (Lipinski definition) is 6. The first-order valence-corrected chi connectivity index (χ1v) is 8.55. The molecule has 0 aliphatic carbocycles. The smallest absolute Gasteiger partial charge is 0.326 e. The van der Waals surface area contributed by atoms with Gasteiger partial charge in [0.25, 0.3) is 0 Å². The molecule has 3 unspecified atom stereocenters. The second-order valence-electron chi connectivity index (χ2n) is 6.09. The Kier molecular flexibility index (Phi) is 8.93. The van der Waals surface area contributed by atoms with Crippen LogP contribution in [-0.4, -0.2) is 63.9 Å². The predicted molar refractivity (Wildman–Crippen MR) is 95.3 cm³/mol. The summed E-state index contributed by atoms with van der Waals surface area (Å²) < 4.78 is 0. The van der Waals surface area contributed by atoms with Gasteiger partial charge in [0.1, 0.15) is 12.1 Å². The van der Waals surface area contributed by atoms with E-state index in [1.165, 1.54) is 12.5 Å². The molecule has 0 saturated heterocycles. The number of nitrogens with one attached hydrogen (secondary N) is 4. The molecule has 3 amide bonds. The molecule has 1 heterocycles. The topological polar surface area (TPSA) is 179 Å². The zero-order valence-electron chi connectivity index (χ0n) is 15.3. The van der Waals surface area contributed by atoms with Gasteiger partial charge < -0.3 is 31.8 Å². The first kappa shape index (κ1) is 22.1. The van der Waals surface area contributed by atoms with Crippen LogP contribution in [0.4, 0.5) is 0 Å². The Balaban J connectivity index is 2.59. The summed E-state index contributed by atoms with van der Waals surface area (Å²) in [6.45, 7) is 2.97. The van der Waals surface area contributed by atoms with Gasteiger partial charge in [0.15, 0.2) is 0 Å². The van der Waals surface area contributed by atoms with Gasteiger partial charge in [-0.2, -0.15) is 0 Å². The van der Waals surface area contributed by atoms with Gasteiger partial charge in [-0.25, -0.2) is 9.78 Å². The fourth-order valence-electron chi connectivity index (χ4n) is 2.27. The van der Waals surface area contributed by atoms with Crippen LogP contribution in [-0.2, 0) is 25.6 Å². The number of aromatic amines is 1. The minimum atomic E-state index is -1.21. The van der Waals surface area contributed by atoms with E-state index in [0.29, 0.717) is 12.1 Å². The Morgan fingerprint density at radius 1 is 1.26 bits per heavy atom. The molecule has 0 fully saturated rings. The van der Waals surface area contributed by atoms with E-state index >= 15 is 0 Å². The standard InChI is InChI=1S/C16H26N6O5/c1-3-9(2)14(22-12(23)5-17)15(25)19-7-13(24)21-11(16(26)27)4-10-6-18-8-20-10/h6,8-9,11,14H,3-5,7,17H2,1-2H3,(H,18,20)(H,19,25)(H,21,24)(H,22,23)(H,26,27). The van der Waals surface area contributed by atoms with E-state index in [9.17, 15) is 24.3 Å². The highest BCUT2D eigenvalue weighted by molar-refractivity contribution is 5.92. The van der Waals surface area contributed by atoms with Crippen molar-refractivity contribution in [2.75, 3.05) is 13.1 Å². The molecular formula is C16H26N6O5. The highest BCUT2D eigenvalue weighted by Crippen LogP contribution is 2.07. The fraction of sp³-hybridized carbons (Fsp3) is 0.562. The van der Waals surface area contributed by atoms with Gasteiger partial charge in [0.05, 0.1) is 19.4 Å². The highest BCUT2D eigenvalue weighted by atomic mass is 16.4. The SMILES string of the molecule is CCC(C)C(NC(=O)CN)C(=O)NCC(=O)NC(Cc1cnc[nH]1)C(=O)O. The van der Waals surface area contributed by atoms with Crippen LogP contribution in [0.3, 0.4) is 0 Å². The first-order valence-electron chi connectivity index (χ1n) is 8.55. The van der Waals surface area contributed by atoms with Crippen LogP contribution in [0.25, 0.3) is 0 Å². The maximum atomic E-state index is 12.3. The predicted octanol–water partition coefficient (Wildman–Crippen LogP) is -1.87. The van der Waals surface area contributed by atoms with Crippen molar-refractivity contribution in [2.24, 2.45) is 11.7 Å². The van der Waals surface area contributed by atoms with Crippen molar-refractivity contribution in [1.82, 2.24) is 25.9 Å². The van der Waals surface area contributed by atoms with Gasteiger partial charge in [-0.15, -0.1) is 0 Å². The van der Waals surface area contributed by atoms with Crippen LogP contribution in [0.1, 0.15) is 26.0 Å². The quantitative estimate of drug-likeness (QED) is 0.259. The van der Waals surface area contributed by atoms with E-state index in [2.05, 4.69) is 25.9 Å². The lowest BCUT2D eigenvalue weighted by Gasteiger charge is -2.23. The zero-order valence-corrected chi connectivity index (χ0v) is 15.3. The third-order valence-corrected chi connectivity index (χ3v) is 4.03. The summed E-state index contributed by atoms with van der Waals surface area (Å²) in [6, 6.07) is -2.00. The number of imidazole rings is 1. The monoisotopic (exact) mass is 382 g/mol. The second-order valence-corrected chi connectivity index (χ2v) is 6.09. The molecular weight excluding hydrogens is 356 g/mol. The Morgan fingerprint density at radius 2 is 1.96 bits per heavy atom. The molecule has 0 aliphatic heterocycles. The lowest BCUT2D eigenvalue weighted by atomic mass is 9.98. The summed E-state index contributed by atoms with van der Waals surface area (Å²) >= 11 is 0. The van der Waals surface area contributed by atoms with Crippen molar-refractivity contribution < 1.29 is 24.3 Å². The molecule has 27 heavy (non-hydrogen) atoms. The van der Waals surface area contributed by atoms with E-state index in [-0.39, 0.29) is 18.9 Å². The second kappa shape index (κ2) is 10.9. The molecule has 150 valence electrons. The third-order valence-electron chi connectivity index (χ3n) is 4.03. The molecule has 3 atom stereocenters. The maximum absolute atomic E-state index is 12.3. The summed E-state index contributed by atoms with van der Waals surface area (Å²) in [7, 11) is 0. The normalized spacial score (nSPS) is 13.9. The third kappa shape index (κ3) is 7.44. The number of rotatable bonds is 11. The van der Waals surface area contributed by atoms with Gasteiger partial charge in [-0.1, -0.05) is 20.3 Å². The van der Waals surface area contributed by atoms with Crippen LogP contribution in [0.2, 0.25) is 0 Å². The molecule has 1 rings (SSSR count). The number of hydrogen-bond acceptors (Lipinski definition) is 6. The minimum Gasteiger partial charge on any atom is -0.480 e. The van der Waals surface area contributed by atoms with Gasteiger partial charge in [0.2, 0.25) is 17.7 Å². The van der Waals surface area contributed by atoms with Crippen LogP contribution in [0, 0.1) is 5.92 Å².